The molecule has 9 nitrogen and oxygen atoms in total. The third-order valence-electron chi connectivity index (χ3n) is 5.70. The van der Waals surface area contributed by atoms with Gasteiger partial charge in [-0.25, -0.2) is 4.79 Å². The number of nitrogens with one attached hydrogen (secondary N) is 1. The largest absolute Gasteiger partial charge is 0.492 e. The Balaban J connectivity index is 1.67. The van der Waals surface area contributed by atoms with Crippen LogP contribution < -0.4 is 14.8 Å². The predicted molar refractivity (Wildman–Crippen MR) is 139 cm³/mol. The molecule has 0 saturated heterocycles. The fraction of sp³-hybridized carbons (Fsp3) is 0.464. The minimum Gasteiger partial charge on any atom is -0.492 e. The smallest absolute Gasteiger partial charge is 0.407 e. The molecular weight excluding hydrogens is 476 g/mol. The van der Waals surface area contributed by atoms with Gasteiger partial charge in [0.05, 0.1) is 32.2 Å². The summed E-state index contributed by atoms with van der Waals surface area (Å²) in [6.45, 7) is 10.1. The summed E-state index contributed by atoms with van der Waals surface area (Å²) in [5.41, 5.74) is 1.66. The van der Waals surface area contributed by atoms with Crippen molar-refractivity contribution in [1.29, 1.82) is 0 Å². The van der Waals surface area contributed by atoms with Crippen LogP contribution in [-0.2, 0) is 14.3 Å². The molecule has 37 heavy (non-hydrogen) atoms. The number of benzene rings is 2. The van der Waals surface area contributed by atoms with Crippen molar-refractivity contribution in [2.45, 2.75) is 58.8 Å². The lowest BCUT2D eigenvalue weighted by Gasteiger charge is -2.28. The number of rotatable bonds is 8. The van der Waals surface area contributed by atoms with Gasteiger partial charge in [-0.15, -0.1) is 0 Å². The maximum Gasteiger partial charge on any atom is 0.407 e. The van der Waals surface area contributed by atoms with Gasteiger partial charge >= 0.3 is 12.1 Å². The molecule has 0 fully saturated rings. The number of hydrogen-bond donors (Lipinski definition) is 1. The second-order valence-electron chi connectivity index (χ2n) is 10.0. The van der Waals surface area contributed by atoms with Crippen molar-refractivity contribution < 1.29 is 33.3 Å². The van der Waals surface area contributed by atoms with E-state index in [9.17, 15) is 14.4 Å². The number of amides is 2. The first-order valence-electron chi connectivity index (χ1n) is 12.4. The van der Waals surface area contributed by atoms with Gasteiger partial charge in [0, 0.05) is 6.04 Å². The lowest BCUT2D eigenvalue weighted by Crippen LogP contribution is -2.43. The molecule has 2 amide bonds. The molecule has 0 aromatic heterocycles. The van der Waals surface area contributed by atoms with Crippen LogP contribution in [0.1, 0.15) is 51.4 Å². The average molecular weight is 513 g/mol. The molecule has 1 N–H and O–H groups in total. The number of carbonyl (C=O) groups excluding carboxylic acids is 3. The highest BCUT2D eigenvalue weighted by atomic mass is 16.6. The third-order valence-corrected chi connectivity index (χ3v) is 5.70. The van der Waals surface area contributed by atoms with E-state index in [4.69, 9.17) is 18.9 Å². The molecule has 0 radical (unpaired) electrons. The highest BCUT2D eigenvalue weighted by Gasteiger charge is 2.31. The highest BCUT2D eigenvalue weighted by molar-refractivity contribution is 5.99. The normalized spacial score (nSPS) is 16.1. The molecule has 2 aromatic carbocycles. The van der Waals surface area contributed by atoms with Crippen LogP contribution in [0.25, 0.3) is 11.1 Å². The van der Waals surface area contributed by atoms with Gasteiger partial charge in [-0.2, -0.15) is 0 Å². The van der Waals surface area contributed by atoms with Crippen molar-refractivity contribution in [2.24, 2.45) is 0 Å². The zero-order valence-electron chi connectivity index (χ0n) is 22.3. The molecule has 3 rings (SSSR count). The number of nitrogens with zero attached hydrogens (tertiary/aromatic N) is 1. The van der Waals surface area contributed by atoms with Gasteiger partial charge in [-0.3, -0.25) is 9.59 Å². The van der Waals surface area contributed by atoms with Crippen LogP contribution in [0.15, 0.2) is 42.5 Å². The molecular formula is C28H36N2O7. The SMILES string of the molecule is COC(=O)CC(C)N1CC(C)Oc2ccc(-c3ccc(OCCNC(=O)OC(C)(C)C)cc3)cc2C1=O. The van der Waals surface area contributed by atoms with Gasteiger partial charge in [0.15, 0.2) is 0 Å². The Morgan fingerprint density at radius 2 is 1.81 bits per heavy atom. The van der Waals surface area contributed by atoms with Crippen molar-refractivity contribution in [3.63, 3.8) is 0 Å². The van der Waals surface area contributed by atoms with Crippen LogP contribution in [0.2, 0.25) is 0 Å². The Bertz CT molecular complexity index is 1110. The number of carbonyl (C=O) groups is 3. The Morgan fingerprint density at radius 3 is 2.46 bits per heavy atom. The summed E-state index contributed by atoms with van der Waals surface area (Å²) in [5, 5.41) is 2.65. The van der Waals surface area contributed by atoms with Crippen molar-refractivity contribution in [3.8, 4) is 22.6 Å². The van der Waals surface area contributed by atoms with E-state index in [0.29, 0.717) is 36.8 Å². The number of esters is 1. The molecule has 2 unspecified atom stereocenters. The summed E-state index contributed by atoms with van der Waals surface area (Å²) < 4.78 is 21.7. The molecule has 9 heteroatoms. The molecule has 0 saturated carbocycles. The predicted octanol–water partition coefficient (Wildman–Crippen LogP) is 4.43. The second kappa shape index (κ2) is 12.0. The average Bonchev–Trinajstić information content (AvgIpc) is 2.96. The first-order valence-corrected chi connectivity index (χ1v) is 12.4. The fourth-order valence-electron chi connectivity index (χ4n) is 3.94. The molecule has 1 aliphatic heterocycles. The van der Waals surface area contributed by atoms with Crippen LogP contribution in [0.4, 0.5) is 4.79 Å². The summed E-state index contributed by atoms with van der Waals surface area (Å²) in [6, 6.07) is 12.7. The Labute approximate surface area is 218 Å². The molecule has 1 aliphatic rings. The Morgan fingerprint density at radius 1 is 1.14 bits per heavy atom. The van der Waals surface area contributed by atoms with E-state index in [2.05, 4.69) is 5.32 Å². The molecule has 2 aromatic rings. The first-order chi connectivity index (χ1) is 17.5. The van der Waals surface area contributed by atoms with E-state index >= 15 is 0 Å². The van der Waals surface area contributed by atoms with Gasteiger partial charge < -0.3 is 29.2 Å². The molecule has 1 heterocycles. The van der Waals surface area contributed by atoms with Crippen molar-refractivity contribution in [3.05, 3.63) is 48.0 Å². The number of ether oxygens (including phenoxy) is 4. The van der Waals surface area contributed by atoms with Crippen LogP contribution in [0, 0.1) is 0 Å². The summed E-state index contributed by atoms with van der Waals surface area (Å²) in [4.78, 5) is 38.6. The monoisotopic (exact) mass is 512 g/mol. The van der Waals surface area contributed by atoms with Crippen LogP contribution >= 0.6 is 0 Å². The molecule has 2 atom stereocenters. The maximum absolute atomic E-state index is 13.4. The van der Waals surface area contributed by atoms with E-state index in [1.807, 2.05) is 50.2 Å². The maximum atomic E-state index is 13.4. The highest BCUT2D eigenvalue weighted by Crippen LogP contribution is 2.32. The van der Waals surface area contributed by atoms with Gasteiger partial charge in [0.2, 0.25) is 0 Å². The van der Waals surface area contributed by atoms with E-state index in [1.165, 1.54) is 7.11 Å². The lowest BCUT2D eigenvalue weighted by atomic mass is 10.0. The summed E-state index contributed by atoms with van der Waals surface area (Å²) in [5.74, 6) is 0.622. The van der Waals surface area contributed by atoms with Gasteiger partial charge in [0.1, 0.15) is 29.8 Å². The quantitative estimate of drug-likeness (QED) is 0.412. The molecule has 0 aliphatic carbocycles. The topological polar surface area (TPSA) is 103 Å². The summed E-state index contributed by atoms with van der Waals surface area (Å²) in [7, 11) is 1.34. The lowest BCUT2D eigenvalue weighted by molar-refractivity contribution is -0.141. The fourth-order valence-corrected chi connectivity index (χ4v) is 3.94. The van der Waals surface area contributed by atoms with E-state index in [-0.39, 0.29) is 30.4 Å². The van der Waals surface area contributed by atoms with E-state index < -0.39 is 11.7 Å². The van der Waals surface area contributed by atoms with Gasteiger partial charge in [-0.1, -0.05) is 18.2 Å². The van der Waals surface area contributed by atoms with E-state index in [1.54, 1.807) is 31.7 Å². The minimum atomic E-state index is -0.550. The summed E-state index contributed by atoms with van der Waals surface area (Å²) in [6.07, 6.45) is -0.600. The van der Waals surface area contributed by atoms with Crippen LogP contribution in [-0.4, -0.2) is 67.4 Å². The standard InChI is InChI=1S/C28H36N2O7/c1-18(15-25(31)34-6)30-17-19(2)36-24-12-9-21(16-23(24)26(30)32)20-7-10-22(11-8-20)35-14-13-29-27(33)37-28(3,4)5/h7-12,16,18-19H,13-15,17H2,1-6H3,(H,29,33). The zero-order valence-corrected chi connectivity index (χ0v) is 22.3. The Hall–Kier alpha value is -3.75. The van der Waals surface area contributed by atoms with E-state index in [0.717, 1.165) is 11.1 Å². The van der Waals surface area contributed by atoms with Gasteiger partial charge in [-0.05, 0) is 70.0 Å². The van der Waals surface area contributed by atoms with Crippen molar-refractivity contribution in [2.75, 3.05) is 26.8 Å². The van der Waals surface area contributed by atoms with Gasteiger partial charge in [0.25, 0.3) is 5.91 Å². The third kappa shape index (κ3) is 7.87. The van der Waals surface area contributed by atoms with Crippen LogP contribution in [0.5, 0.6) is 11.5 Å². The number of alkyl carbamates (subject to hydrolysis) is 1. The Kier molecular flexibility index (Phi) is 9.02. The van der Waals surface area contributed by atoms with Crippen molar-refractivity contribution in [1.82, 2.24) is 10.2 Å². The van der Waals surface area contributed by atoms with Crippen LogP contribution in [0.3, 0.4) is 0 Å². The second-order valence-corrected chi connectivity index (χ2v) is 10.0. The number of hydrogen-bond acceptors (Lipinski definition) is 7. The minimum absolute atomic E-state index is 0.110. The van der Waals surface area contributed by atoms with Crippen molar-refractivity contribution >= 4 is 18.0 Å². The zero-order chi connectivity index (χ0) is 27.2. The molecule has 200 valence electrons. The summed E-state index contributed by atoms with van der Waals surface area (Å²) >= 11 is 0. The number of fused-ring (bicyclic) bond motifs is 1. The molecule has 0 bridgehead atoms. The number of methoxy groups -OCH3 is 1. The first kappa shape index (κ1) is 27.8. The molecule has 0 spiro atoms.